The van der Waals surface area contributed by atoms with E-state index in [1.807, 2.05) is 36.4 Å². The third kappa shape index (κ3) is 3.19. The molecular weight excluding hydrogens is 352 g/mol. The molecule has 26 heavy (non-hydrogen) atoms. The third-order valence-electron chi connectivity index (χ3n) is 4.01. The predicted octanol–water partition coefficient (Wildman–Crippen LogP) is 4.14. The van der Waals surface area contributed by atoms with E-state index in [2.05, 4.69) is 15.1 Å². The fraction of sp³-hybridized carbons (Fsp3) is 0.105. The van der Waals surface area contributed by atoms with Crippen molar-refractivity contribution in [2.24, 2.45) is 0 Å². The Labute approximate surface area is 154 Å². The maximum atomic E-state index is 12.6. The van der Waals surface area contributed by atoms with Gasteiger partial charge in [-0.05, 0) is 24.3 Å². The number of nitrogens with one attached hydrogen (secondary N) is 1. The number of imidazole rings is 1. The van der Waals surface area contributed by atoms with Gasteiger partial charge in [0.15, 0.2) is 11.5 Å². The van der Waals surface area contributed by atoms with Crippen LogP contribution in [0.1, 0.15) is 16.3 Å². The number of aromatic amines is 1. The normalized spacial score (nSPS) is 11.0. The number of halogens is 1. The fourth-order valence-corrected chi connectivity index (χ4v) is 2.92. The summed E-state index contributed by atoms with van der Waals surface area (Å²) in [5.41, 5.74) is 2.81. The molecule has 0 bridgehead atoms. The molecule has 6 nitrogen and oxygen atoms in total. The van der Waals surface area contributed by atoms with Gasteiger partial charge in [-0.15, -0.1) is 0 Å². The first-order valence-corrected chi connectivity index (χ1v) is 8.40. The lowest BCUT2D eigenvalue weighted by molar-refractivity contribution is 0.0771. The first-order valence-electron chi connectivity index (χ1n) is 8.02. The molecule has 2 heterocycles. The predicted molar refractivity (Wildman–Crippen MR) is 98.8 cm³/mol. The molecule has 0 aliphatic carbocycles. The van der Waals surface area contributed by atoms with Crippen molar-refractivity contribution >= 4 is 28.5 Å². The molecule has 4 aromatic rings. The smallest absolute Gasteiger partial charge is 0.276 e. The average Bonchev–Trinajstić information content (AvgIpc) is 3.27. The maximum Gasteiger partial charge on any atom is 0.276 e. The molecule has 0 radical (unpaired) electrons. The molecule has 0 aliphatic rings. The van der Waals surface area contributed by atoms with E-state index in [-0.39, 0.29) is 11.6 Å². The number of benzene rings is 2. The van der Waals surface area contributed by atoms with Crippen LogP contribution < -0.4 is 0 Å². The fourth-order valence-electron chi connectivity index (χ4n) is 2.73. The first-order chi connectivity index (χ1) is 12.6. The molecule has 1 N–H and O–H groups in total. The maximum absolute atomic E-state index is 12.6. The molecular formula is C19H15ClN4O2. The molecule has 0 saturated heterocycles. The van der Waals surface area contributed by atoms with E-state index in [0.717, 1.165) is 16.6 Å². The van der Waals surface area contributed by atoms with Crippen LogP contribution in [0, 0.1) is 0 Å². The number of para-hydroxylation sites is 2. The number of aromatic nitrogens is 3. The second kappa shape index (κ2) is 6.65. The SMILES string of the molecule is CN(Cc1nc2ccccc2[nH]1)C(=O)c1cc(-c2cccc(Cl)c2)on1. The van der Waals surface area contributed by atoms with E-state index in [1.54, 1.807) is 25.2 Å². The summed E-state index contributed by atoms with van der Waals surface area (Å²) in [6, 6.07) is 16.5. The Hall–Kier alpha value is -3.12. The molecule has 0 atom stereocenters. The Balaban J connectivity index is 1.51. The summed E-state index contributed by atoms with van der Waals surface area (Å²) >= 11 is 5.99. The molecule has 0 fully saturated rings. The second-order valence-corrected chi connectivity index (χ2v) is 6.39. The van der Waals surface area contributed by atoms with Gasteiger partial charge in [0.05, 0.1) is 17.6 Å². The quantitative estimate of drug-likeness (QED) is 0.589. The van der Waals surface area contributed by atoms with Crippen LogP contribution in [0.25, 0.3) is 22.4 Å². The Morgan fingerprint density at radius 3 is 2.85 bits per heavy atom. The number of fused-ring (bicyclic) bond motifs is 1. The lowest BCUT2D eigenvalue weighted by Gasteiger charge is -2.13. The largest absolute Gasteiger partial charge is 0.355 e. The van der Waals surface area contributed by atoms with E-state index in [4.69, 9.17) is 16.1 Å². The average molecular weight is 367 g/mol. The van der Waals surface area contributed by atoms with Crippen molar-refractivity contribution in [1.29, 1.82) is 0 Å². The summed E-state index contributed by atoms with van der Waals surface area (Å²) in [6.07, 6.45) is 0. The minimum Gasteiger partial charge on any atom is -0.355 e. The number of rotatable bonds is 4. The lowest BCUT2D eigenvalue weighted by atomic mass is 10.1. The van der Waals surface area contributed by atoms with Crippen molar-refractivity contribution in [2.45, 2.75) is 6.54 Å². The monoisotopic (exact) mass is 366 g/mol. The van der Waals surface area contributed by atoms with Crippen LogP contribution in [-0.4, -0.2) is 33.0 Å². The number of amides is 1. The molecule has 0 unspecified atom stereocenters. The summed E-state index contributed by atoms with van der Waals surface area (Å²) in [7, 11) is 1.70. The van der Waals surface area contributed by atoms with Crippen molar-refractivity contribution in [1.82, 2.24) is 20.0 Å². The van der Waals surface area contributed by atoms with Crippen molar-refractivity contribution in [3.8, 4) is 11.3 Å². The van der Waals surface area contributed by atoms with E-state index < -0.39 is 0 Å². The Morgan fingerprint density at radius 2 is 2.04 bits per heavy atom. The molecule has 7 heteroatoms. The van der Waals surface area contributed by atoms with Gasteiger partial charge in [-0.1, -0.05) is 41.0 Å². The molecule has 0 spiro atoms. The summed E-state index contributed by atoms with van der Waals surface area (Å²) < 4.78 is 5.30. The van der Waals surface area contributed by atoms with Gasteiger partial charge in [-0.2, -0.15) is 0 Å². The van der Waals surface area contributed by atoms with Crippen LogP contribution in [0.5, 0.6) is 0 Å². The Kier molecular flexibility index (Phi) is 4.18. The van der Waals surface area contributed by atoms with Crippen LogP contribution in [0.3, 0.4) is 0 Å². The highest BCUT2D eigenvalue weighted by Crippen LogP contribution is 2.24. The Bertz CT molecular complexity index is 1050. The molecule has 0 saturated carbocycles. The van der Waals surface area contributed by atoms with Gasteiger partial charge in [0.25, 0.3) is 5.91 Å². The zero-order chi connectivity index (χ0) is 18.1. The van der Waals surface area contributed by atoms with Crippen molar-refractivity contribution in [3.05, 3.63) is 71.1 Å². The summed E-state index contributed by atoms with van der Waals surface area (Å²) in [5.74, 6) is 0.955. The van der Waals surface area contributed by atoms with Gasteiger partial charge in [0.2, 0.25) is 0 Å². The number of nitrogens with zero attached hydrogens (tertiary/aromatic N) is 3. The molecule has 0 aliphatic heterocycles. The van der Waals surface area contributed by atoms with Gasteiger partial charge in [0, 0.05) is 23.7 Å². The summed E-state index contributed by atoms with van der Waals surface area (Å²) in [4.78, 5) is 21.8. The van der Waals surface area contributed by atoms with Gasteiger partial charge < -0.3 is 14.4 Å². The topological polar surface area (TPSA) is 75.0 Å². The van der Waals surface area contributed by atoms with E-state index >= 15 is 0 Å². The number of carbonyl (C=O) groups excluding carboxylic acids is 1. The van der Waals surface area contributed by atoms with E-state index in [1.165, 1.54) is 4.90 Å². The molecule has 130 valence electrons. The zero-order valence-corrected chi connectivity index (χ0v) is 14.7. The summed E-state index contributed by atoms with van der Waals surface area (Å²) in [5, 5.41) is 4.48. The third-order valence-corrected chi connectivity index (χ3v) is 4.25. The van der Waals surface area contributed by atoms with Crippen molar-refractivity contribution in [3.63, 3.8) is 0 Å². The first kappa shape index (κ1) is 16.4. The minimum absolute atomic E-state index is 0.235. The molecule has 2 aromatic carbocycles. The number of H-pyrrole nitrogens is 1. The lowest BCUT2D eigenvalue weighted by Crippen LogP contribution is -2.26. The zero-order valence-electron chi connectivity index (χ0n) is 13.9. The van der Waals surface area contributed by atoms with Crippen LogP contribution in [0.15, 0.2) is 59.1 Å². The van der Waals surface area contributed by atoms with Gasteiger partial charge in [-0.3, -0.25) is 4.79 Å². The summed E-state index contributed by atoms with van der Waals surface area (Å²) in [6.45, 7) is 0.340. The second-order valence-electron chi connectivity index (χ2n) is 5.95. The van der Waals surface area contributed by atoms with Crippen LogP contribution in [0.2, 0.25) is 5.02 Å². The van der Waals surface area contributed by atoms with Crippen LogP contribution in [0.4, 0.5) is 0 Å². The van der Waals surface area contributed by atoms with E-state index in [9.17, 15) is 4.79 Å². The number of hydrogen-bond donors (Lipinski definition) is 1. The van der Waals surface area contributed by atoms with Crippen LogP contribution in [-0.2, 0) is 6.54 Å². The van der Waals surface area contributed by atoms with Crippen LogP contribution >= 0.6 is 11.6 Å². The number of carbonyl (C=O) groups is 1. The molecule has 1 amide bonds. The van der Waals surface area contributed by atoms with Crippen molar-refractivity contribution in [2.75, 3.05) is 7.05 Å². The van der Waals surface area contributed by atoms with E-state index in [0.29, 0.717) is 23.2 Å². The standard InChI is InChI=1S/C19H15ClN4O2/c1-24(11-18-21-14-7-2-3-8-15(14)22-18)19(25)16-10-17(26-23-16)12-5-4-6-13(20)9-12/h2-10H,11H2,1H3,(H,21,22). The highest BCUT2D eigenvalue weighted by atomic mass is 35.5. The minimum atomic E-state index is -0.248. The Morgan fingerprint density at radius 1 is 1.19 bits per heavy atom. The van der Waals surface area contributed by atoms with Gasteiger partial charge >= 0.3 is 0 Å². The highest BCUT2D eigenvalue weighted by Gasteiger charge is 2.19. The molecule has 4 rings (SSSR count). The molecule has 2 aromatic heterocycles. The van der Waals surface area contributed by atoms with Gasteiger partial charge in [0.1, 0.15) is 5.82 Å². The van der Waals surface area contributed by atoms with Crippen molar-refractivity contribution < 1.29 is 9.32 Å². The highest BCUT2D eigenvalue weighted by molar-refractivity contribution is 6.30. The number of hydrogen-bond acceptors (Lipinski definition) is 4. The van der Waals surface area contributed by atoms with Gasteiger partial charge in [-0.25, -0.2) is 4.98 Å².